The van der Waals surface area contributed by atoms with Crippen LogP contribution in [0.3, 0.4) is 0 Å². The van der Waals surface area contributed by atoms with E-state index in [1.807, 2.05) is 44.2 Å². The molecule has 5 rings (SSSR count). The molecule has 3 aromatic rings. The van der Waals surface area contributed by atoms with Gasteiger partial charge in [0.25, 0.3) is 10.0 Å². The maximum absolute atomic E-state index is 13.9. The second kappa shape index (κ2) is 13.7. The smallest absolute Gasteiger partial charge is 0.411 e. The van der Waals surface area contributed by atoms with Gasteiger partial charge in [0.05, 0.1) is 17.5 Å². The van der Waals surface area contributed by atoms with E-state index in [-0.39, 0.29) is 48.5 Å². The second-order valence-electron chi connectivity index (χ2n) is 13.1. The molecule has 1 saturated heterocycles. The minimum absolute atomic E-state index is 0.0973. The van der Waals surface area contributed by atoms with Crippen molar-refractivity contribution in [3.63, 3.8) is 0 Å². The SMILES string of the molecule is CC[C@@H]1CN(C(=O)OCc2ccccc2)C[C@@H]1C(=O)CN(C(=O)OC(C)(C)C)C1C=Nc2c(ccn2S(=O)(=O)c2ccc(C)cc2)C1. The van der Waals surface area contributed by atoms with Gasteiger partial charge in [-0.2, -0.15) is 0 Å². The molecule has 0 radical (unpaired) electrons. The van der Waals surface area contributed by atoms with Gasteiger partial charge >= 0.3 is 12.2 Å². The third-order valence-electron chi connectivity index (χ3n) is 8.48. The number of Topliss-reactive ketones (excluding diaryl/α,β-unsaturated/α-hetero) is 1. The molecule has 0 saturated carbocycles. The van der Waals surface area contributed by atoms with Gasteiger partial charge in [-0.05, 0) is 62.9 Å². The molecule has 0 spiro atoms. The van der Waals surface area contributed by atoms with Crippen molar-refractivity contribution >= 4 is 40.0 Å². The summed E-state index contributed by atoms with van der Waals surface area (Å²) >= 11 is 0. The van der Waals surface area contributed by atoms with Gasteiger partial charge in [0.2, 0.25) is 0 Å². The van der Waals surface area contributed by atoms with Crippen molar-refractivity contribution in [3.05, 3.63) is 83.6 Å². The van der Waals surface area contributed by atoms with Crippen LogP contribution < -0.4 is 0 Å². The van der Waals surface area contributed by atoms with E-state index in [2.05, 4.69) is 4.99 Å². The summed E-state index contributed by atoms with van der Waals surface area (Å²) in [5.74, 6) is -0.533. The zero-order valence-corrected chi connectivity index (χ0v) is 28.3. The Hall–Kier alpha value is -4.45. The molecule has 47 heavy (non-hydrogen) atoms. The highest BCUT2D eigenvalue weighted by Crippen LogP contribution is 2.32. The average molecular weight is 663 g/mol. The molecule has 2 aliphatic heterocycles. The lowest BCUT2D eigenvalue weighted by molar-refractivity contribution is -0.125. The molecule has 1 fully saturated rings. The van der Waals surface area contributed by atoms with Crippen molar-refractivity contribution in [2.45, 2.75) is 70.6 Å². The number of ether oxygens (including phenoxy) is 2. The number of amides is 2. The molecule has 1 aromatic heterocycles. The van der Waals surface area contributed by atoms with Crippen LogP contribution in [0.15, 0.2) is 76.7 Å². The quantitative estimate of drug-likeness (QED) is 0.285. The summed E-state index contributed by atoms with van der Waals surface area (Å²) in [5, 5.41) is 0. The summed E-state index contributed by atoms with van der Waals surface area (Å²) < 4.78 is 39.2. The van der Waals surface area contributed by atoms with Crippen molar-refractivity contribution in [1.82, 2.24) is 13.8 Å². The summed E-state index contributed by atoms with van der Waals surface area (Å²) in [4.78, 5) is 47.9. The highest BCUT2D eigenvalue weighted by molar-refractivity contribution is 7.90. The third-order valence-corrected chi connectivity index (χ3v) is 10.2. The zero-order valence-electron chi connectivity index (χ0n) is 27.5. The number of aryl methyl sites for hydroxylation is 1. The molecule has 12 heteroatoms. The molecule has 2 amide bonds. The minimum atomic E-state index is -3.90. The summed E-state index contributed by atoms with van der Waals surface area (Å²) in [7, 11) is -3.90. The number of ketones is 1. The highest BCUT2D eigenvalue weighted by atomic mass is 32.2. The molecule has 2 aromatic carbocycles. The van der Waals surface area contributed by atoms with Gasteiger partial charge in [-0.1, -0.05) is 61.4 Å². The number of hydrogen-bond donors (Lipinski definition) is 0. The van der Waals surface area contributed by atoms with E-state index in [1.165, 1.54) is 17.3 Å². The van der Waals surface area contributed by atoms with Gasteiger partial charge in [-0.15, -0.1) is 0 Å². The first-order valence-electron chi connectivity index (χ1n) is 15.8. The predicted molar refractivity (Wildman–Crippen MR) is 177 cm³/mol. The van der Waals surface area contributed by atoms with Crippen molar-refractivity contribution in [1.29, 1.82) is 0 Å². The Kier molecular flexibility index (Phi) is 9.90. The molecule has 11 nitrogen and oxygen atoms in total. The van der Waals surface area contributed by atoms with Crippen LogP contribution in [-0.4, -0.2) is 77.7 Å². The summed E-state index contributed by atoms with van der Waals surface area (Å²) in [6, 6.07) is 17.0. The van der Waals surface area contributed by atoms with Crippen LogP contribution in [0.1, 0.15) is 50.8 Å². The summed E-state index contributed by atoms with van der Waals surface area (Å²) in [5.41, 5.74) is 1.61. The van der Waals surface area contributed by atoms with Crippen molar-refractivity contribution < 1.29 is 32.3 Å². The van der Waals surface area contributed by atoms with Crippen molar-refractivity contribution in [3.8, 4) is 0 Å². The fourth-order valence-corrected chi connectivity index (χ4v) is 7.24. The van der Waals surface area contributed by atoms with E-state index in [0.717, 1.165) is 15.1 Å². The van der Waals surface area contributed by atoms with E-state index < -0.39 is 39.8 Å². The fourth-order valence-electron chi connectivity index (χ4n) is 5.92. The molecule has 0 N–H and O–H groups in total. The number of carbonyl (C=O) groups excluding carboxylic acids is 3. The maximum atomic E-state index is 13.9. The summed E-state index contributed by atoms with van der Waals surface area (Å²) in [6.07, 6.45) is 2.70. The number of carbonyl (C=O) groups is 3. The topological polar surface area (TPSA) is 128 Å². The Labute approximate surface area is 276 Å². The molecular formula is C35H42N4O7S. The molecular weight excluding hydrogens is 620 g/mol. The van der Waals surface area contributed by atoms with Gasteiger partial charge in [-0.25, -0.2) is 27.0 Å². The number of rotatable bonds is 9. The number of hydrogen-bond acceptors (Lipinski definition) is 8. The fraction of sp³-hybridized carbons (Fsp3) is 0.429. The van der Waals surface area contributed by atoms with Crippen molar-refractivity contribution in [2.24, 2.45) is 16.8 Å². The van der Waals surface area contributed by atoms with E-state index in [0.29, 0.717) is 18.5 Å². The van der Waals surface area contributed by atoms with E-state index >= 15 is 0 Å². The van der Waals surface area contributed by atoms with E-state index in [1.54, 1.807) is 56.0 Å². The van der Waals surface area contributed by atoms with E-state index in [9.17, 15) is 22.8 Å². The highest BCUT2D eigenvalue weighted by Gasteiger charge is 2.41. The monoisotopic (exact) mass is 662 g/mol. The molecule has 3 heterocycles. The molecule has 250 valence electrons. The standard InChI is InChI=1S/C35H42N4O7S/c1-6-26-20-37(33(41)45-23-25-10-8-7-9-11-25)21-30(26)31(40)22-38(34(42)46-35(3,4)5)28-18-27-16-17-39(32(27)36-19-28)47(43,44)29-14-12-24(2)13-15-29/h7-17,19,26,28,30H,6,18,20-23H2,1-5H3/t26-,28?,30+/m1/s1. The first-order valence-corrected chi connectivity index (χ1v) is 17.3. The van der Waals surface area contributed by atoms with Gasteiger partial charge < -0.3 is 14.4 Å². The Morgan fingerprint density at radius 1 is 1.00 bits per heavy atom. The normalized spacial score (nSPS) is 19.3. The lowest BCUT2D eigenvalue weighted by Gasteiger charge is -2.33. The van der Waals surface area contributed by atoms with Crippen LogP contribution >= 0.6 is 0 Å². The van der Waals surface area contributed by atoms with Crippen LogP contribution in [0.25, 0.3) is 0 Å². The summed E-state index contributed by atoms with van der Waals surface area (Å²) in [6.45, 7) is 9.54. The number of aromatic nitrogens is 1. The van der Waals surface area contributed by atoms with Crippen LogP contribution in [0.5, 0.6) is 0 Å². The number of benzene rings is 2. The second-order valence-corrected chi connectivity index (χ2v) is 14.9. The Morgan fingerprint density at radius 2 is 1.70 bits per heavy atom. The Bertz CT molecular complexity index is 1740. The van der Waals surface area contributed by atoms with E-state index in [4.69, 9.17) is 9.47 Å². The first-order chi connectivity index (χ1) is 22.3. The van der Waals surface area contributed by atoms with Crippen LogP contribution in [-0.2, 0) is 37.3 Å². The van der Waals surface area contributed by atoms with Gasteiger partial charge in [-0.3, -0.25) is 9.69 Å². The largest absolute Gasteiger partial charge is 0.445 e. The van der Waals surface area contributed by atoms with Crippen molar-refractivity contribution in [2.75, 3.05) is 19.6 Å². The van der Waals surface area contributed by atoms with Crippen LogP contribution in [0, 0.1) is 18.8 Å². The molecule has 1 unspecified atom stereocenters. The maximum Gasteiger partial charge on any atom is 0.411 e. The minimum Gasteiger partial charge on any atom is -0.445 e. The van der Waals surface area contributed by atoms with Crippen LogP contribution in [0.4, 0.5) is 15.4 Å². The number of likely N-dealkylation sites (tertiary alicyclic amines) is 1. The number of aliphatic imine (C=N–C) groups is 1. The Balaban J connectivity index is 1.32. The molecule has 0 aliphatic carbocycles. The van der Waals surface area contributed by atoms with Crippen LogP contribution in [0.2, 0.25) is 0 Å². The average Bonchev–Trinajstić information content (AvgIpc) is 3.67. The van der Waals surface area contributed by atoms with Gasteiger partial charge in [0.1, 0.15) is 18.0 Å². The number of fused-ring (bicyclic) bond motifs is 1. The lowest BCUT2D eigenvalue weighted by Crippen LogP contribution is -2.49. The molecule has 2 aliphatic rings. The number of nitrogens with zero attached hydrogens (tertiary/aromatic N) is 4. The predicted octanol–water partition coefficient (Wildman–Crippen LogP) is 5.76. The first kappa shape index (κ1) is 33.9. The Morgan fingerprint density at radius 3 is 2.36 bits per heavy atom. The van der Waals surface area contributed by atoms with Gasteiger partial charge in [0, 0.05) is 37.8 Å². The lowest BCUT2D eigenvalue weighted by atomic mass is 9.89. The molecule has 3 atom stereocenters. The van der Waals surface area contributed by atoms with Gasteiger partial charge in [0.15, 0.2) is 5.78 Å². The molecule has 0 bridgehead atoms. The third kappa shape index (κ3) is 7.75. The zero-order chi connectivity index (χ0) is 33.9.